The third-order valence-corrected chi connectivity index (χ3v) is 8.37. The van der Waals surface area contributed by atoms with Gasteiger partial charge in [0.25, 0.3) is 0 Å². The minimum atomic E-state index is -0.626. The zero-order valence-corrected chi connectivity index (χ0v) is 23.9. The lowest BCUT2D eigenvalue weighted by atomic mass is 9.67. The van der Waals surface area contributed by atoms with Gasteiger partial charge in [0.2, 0.25) is 0 Å². The number of anilines is 1. The quantitative estimate of drug-likeness (QED) is 0.267. The molecule has 0 radical (unpaired) electrons. The average Bonchev–Trinajstić information content (AvgIpc) is 3.11. The number of fused-ring (bicyclic) bond motifs is 3. The summed E-state index contributed by atoms with van der Waals surface area (Å²) in [5, 5.41) is 0. The van der Waals surface area contributed by atoms with Gasteiger partial charge in [-0.25, -0.2) is 0 Å². The van der Waals surface area contributed by atoms with Crippen molar-refractivity contribution in [1.82, 2.24) is 0 Å². The second-order valence-electron chi connectivity index (χ2n) is 11.6. The van der Waals surface area contributed by atoms with Crippen molar-refractivity contribution in [3.8, 4) is 11.5 Å². The van der Waals surface area contributed by atoms with E-state index in [-0.39, 0.29) is 28.3 Å². The molecule has 3 aromatic rings. The standard InChI is InChI=1S/C34H32N2O5/c1-19(29-32(38)21-10-6-7-11-22(21)33(29)39)36-26-13-9-8-12-24(26)35-25-17-34(2,3)18-27(37)30(25)31(36)23-15-14-20(40-4)16-28(23)41-5/h6-16,30-31H,17-18H2,1-5H3. The topological polar surface area (TPSA) is 85.3 Å². The molecule has 1 fully saturated rings. The Kier molecular flexibility index (Phi) is 6.40. The fourth-order valence-electron chi connectivity index (χ4n) is 6.59. The molecule has 1 heterocycles. The van der Waals surface area contributed by atoms with Crippen molar-refractivity contribution in [2.45, 2.75) is 39.7 Å². The van der Waals surface area contributed by atoms with Gasteiger partial charge in [0.05, 0.1) is 43.1 Å². The van der Waals surface area contributed by atoms with Gasteiger partial charge >= 0.3 is 0 Å². The maximum absolute atomic E-state index is 14.1. The van der Waals surface area contributed by atoms with Gasteiger partial charge in [0.1, 0.15) is 17.3 Å². The number of carbonyl (C=O) groups excluding carboxylic acids is 3. The highest BCUT2D eigenvalue weighted by atomic mass is 16.5. The number of carbonyl (C=O) groups is 3. The molecule has 1 saturated carbocycles. The van der Waals surface area contributed by atoms with Crippen LogP contribution in [0, 0.1) is 11.3 Å². The van der Waals surface area contributed by atoms with Crippen LogP contribution in [0.3, 0.4) is 0 Å². The van der Waals surface area contributed by atoms with Crippen LogP contribution in [-0.2, 0) is 4.79 Å². The molecule has 0 N–H and O–H groups in total. The van der Waals surface area contributed by atoms with E-state index >= 15 is 0 Å². The summed E-state index contributed by atoms with van der Waals surface area (Å²) in [5.41, 5.74) is 4.03. The van der Waals surface area contributed by atoms with Crippen LogP contribution >= 0.6 is 0 Å². The van der Waals surface area contributed by atoms with Gasteiger partial charge in [0, 0.05) is 40.6 Å². The number of nitrogens with zero attached hydrogens (tertiary/aromatic N) is 2. The van der Waals surface area contributed by atoms with E-state index in [0.29, 0.717) is 52.5 Å². The second kappa shape index (κ2) is 9.84. The van der Waals surface area contributed by atoms with Crippen LogP contribution in [0.15, 0.2) is 83.0 Å². The first-order valence-electron chi connectivity index (χ1n) is 13.7. The summed E-state index contributed by atoms with van der Waals surface area (Å²) in [6, 6.07) is 19.5. The Hall–Kier alpha value is -4.52. The Morgan fingerprint density at radius 3 is 2.20 bits per heavy atom. The molecule has 208 valence electrons. The van der Waals surface area contributed by atoms with Crippen LogP contribution in [0.4, 0.5) is 11.4 Å². The summed E-state index contributed by atoms with van der Waals surface area (Å²) in [6.45, 7) is 5.96. The predicted molar refractivity (Wildman–Crippen MR) is 158 cm³/mol. The Labute approximate surface area is 239 Å². The molecule has 2 aliphatic carbocycles. The molecule has 7 heteroatoms. The number of Topliss-reactive ketones (excluding diaryl/α,β-unsaturated/α-hetero) is 3. The number of benzene rings is 3. The zero-order chi connectivity index (χ0) is 29.1. The number of rotatable bonds is 4. The molecule has 2 unspecified atom stereocenters. The van der Waals surface area contributed by atoms with Crippen LogP contribution in [-0.4, -0.2) is 37.3 Å². The van der Waals surface area contributed by atoms with E-state index in [4.69, 9.17) is 14.5 Å². The van der Waals surface area contributed by atoms with E-state index < -0.39 is 12.0 Å². The van der Waals surface area contributed by atoms with Crippen LogP contribution < -0.4 is 14.4 Å². The third kappa shape index (κ3) is 4.27. The van der Waals surface area contributed by atoms with Crippen molar-refractivity contribution >= 4 is 34.4 Å². The summed E-state index contributed by atoms with van der Waals surface area (Å²) in [4.78, 5) is 48.7. The number of allylic oxidation sites excluding steroid dienone is 2. The monoisotopic (exact) mass is 548 g/mol. The fraction of sp³-hybridized carbons (Fsp3) is 0.294. The Balaban J connectivity index is 1.66. The molecule has 0 bridgehead atoms. The summed E-state index contributed by atoms with van der Waals surface area (Å²) in [5.74, 6) is -0.0400. The molecule has 0 aromatic heterocycles. The first-order chi connectivity index (χ1) is 19.6. The molecule has 2 atom stereocenters. The van der Waals surface area contributed by atoms with Crippen LogP contribution in [0.2, 0.25) is 0 Å². The Bertz CT molecular complexity index is 1640. The summed E-state index contributed by atoms with van der Waals surface area (Å²) < 4.78 is 11.3. The number of methoxy groups -OCH3 is 2. The van der Waals surface area contributed by atoms with Crippen LogP contribution in [0.25, 0.3) is 0 Å². The van der Waals surface area contributed by atoms with Gasteiger partial charge in [-0.1, -0.05) is 50.2 Å². The largest absolute Gasteiger partial charge is 0.497 e. The number of ketones is 3. The van der Waals surface area contributed by atoms with E-state index in [2.05, 4.69) is 13.8 Å². The first kappa shape index (κ1) is 26.7. The highest BCUT2D eigenvalue weighted by Crippen LogP contribution is 2.52. The molecular weight excluding hydrogens is 516 g/mol. The van der Waals surface area contributed by atoms with Gasteiger partial charge in [-0.2, -0.15) is 0 Å². The predicted octanol–water partition coefficient (Wildman–Crippen LogP) is 6.70. The summed E-state index contributed by atoms with van der Waals surface area (Å²) in [6.07, 6.45) is 1.02. The molecule has 0 amide bonds. The highest BCUT2D eigenvalue weighted by molar-refractivity contribution is 6.40. The SMILES string of the molecule is COc1ccc(C2C3C(=O)CC(C)(C)CC3=Nc3ccccc3N2C(C)=C2C(=O)c3ccccc3C2=O)c(OC)c1. The van der Waals surface area contributed by atoms with Gasteiger partial charge in [-0.3, -0.25) is 19.4 Å². The van der Waals surface area contributed by atoms with Crippen molar-refractivity contribution in [3.05, 3.63) is 94.7 Å². The van der Waals surface area contributed by atoms with Gasteiger partial charge < -0.3 is 14.4 Å². The van der Waals surface area contributed by atoms with Crippen molar-refractivity contribution in [2.75, 3.05) is 19.1 Å². The molecule has 1 aliphatic heterocycles. The minimum absolute atomic E-state index is 0.0610. The Morgan fingerprint density at radius 2 is 1.54 bits per heavy atom. The highest BCUT2D eigenvalue weighted by Gasteiger charge is 2.48. The van der Waals surface area contributed by atoms with Crippen molar-refractivity contribution in [3.63, 3.8) is 0 Å². The van der Waals surface area contributed by atoms with E-state index in [9.17, 15) is 14.4 Å². The smallest absolute Gasteiger partial charge is 0.199 e. The third-order valence-electron chi connectivity index (χ3n) is 8.37. The minimum Gasteiger partial charge on any atom is -0.497 e. The molecular formula is C34H32N2O5. The van der Waals surface area contributed by atoms with Crippen molar-refractivity contribution in [1.29, 1.82) is 0 Å². The number of para-hydroxylation sites is 2. The molecule has 3 aliphatic rings. The first-order valence-corrected chi connectivity index (χ1v) is 13.7. The van der Waals surface area contributed by atoms with Crippen LogP contribution in [0.5, 0.6) is 11.5 Å². The normalized spacial score (nSPS) is 21.0. The molecule has 41 heavy (non-hydrogen) atoms. The van der Waals surface area contributed by atoms with E-state index in [1.165, 1.54) is 0 Å². The van der Waals surface area contributed by atoms with Gasteiger partial charge in [-0.05, 0) is 43.0 Å². The fourth-order valence-corrected chi connectivity index (χ4v) is 6.59. The van der Waals surface area contributed by atoms with Crippen LogP contribution in [0.1, 0.15) is 65.9 Å². The second-order valence-corrected chi connectivity index (χ2v) is 11.6. The maximum atomic E-state index is 14.1. The van der Waals surface area contributed by atoms with E-state index in [0.717, 1.165) is 11.3 Å². The lowest BCUT2D eigenvalue weighted by molar-refractivity contribution is -0.124. The molecule has 7 nitrogen and oxygen atoms in total. The lowest BCUT2D eigenvalue weighted by Gasteiger charge is -2.42. The number of hydrogen-bond acceptors (Lipinski definition) is 7. The van der Waals surface area contributed by atoms with E-state index in [1.807, 2.05) is 41.3 Å². The molecule has 3 aromatic carbocycles. The van der Waals surface area contributed by atoms with Gasteiger partial charge in [-0.15, -0.1) is 0 Å². The lowest BCUT2D eigenvalue weighted by Crippen LogP contribution is -2.45. The number of aliphatic imine (C=N–C) groups is 1. The molecule has 0 spiro atoms. The summed E-state index contributed by atoms with van der Waals surface area (Å²) >= 11 is 0. The van der Waals surface area contributed by atoms with E-state index in [1.54, 1.807) is 51.5 Å². The maximum Gasteiger partial charge on any atom is 0.199 e. The van der Waals surface area contributed by atoms with Gasteiger partial charge in [0.15, 0.2) is 11.6 Å². The number of hydrogen-bond donors (Lipinski definition) is 0. The summed E-state index contributed by atoms with van der Waals surface area (Å²) in [7, 11) is 3.17. The molecule has 0 saturated heterocycles. The molecule has 6 rings (SSSR count). The van der Waals surface area contributed by atoms with Crippen molar-refractivity contribution in [2.24, 2.45) is 16.3 Å². The average molecular weight is 549 g/mol. The van der Waals surface area contributed by atoms with Crippen molar-refractivity contribution < 1.29 is 23.9 Å². The Morgan fingerprint density at radius 1 is 0.878 bits per heavy atom. The zero-order valence-electron chi connectivity index (χ0n) is 23.9. The number of ether oxygens (including phenoxy) is 2.